The van der Waals surface area contributed by atoms with Crippen molar-refractivity contribution in [3.05, 3.63) is 71.1 Å². The van der Waals surface area contributed by atoms with E-state index in [-0.39, 0.29) is 24.8 Å². The number of hydrogen-bond acceptors (Lipinski definition) is 4. The van der Waals surface area contributed by atoms with Crippen LogP contribution < -0.4 is 0 Å². The SMILES string of the molecule is CC(C)c1ccc(-c2noc(C3CC(=O)N(Cc4cc(F)cc(F)c4)C3)n2)cc1. The van der Waals surface area contributed by atoms with Crippen molar-refractivity contribution in [1.82, 2.24) is 15.0 Å². The zero-order valence-electron chi connectivity index (χ0n) is 16.2. The van der Waals surface area contributed by atoms with Gasteiger partial charge in [0.1, 0.15) is 11.6 Å². The fraction of sp³-hybridized carbons (Fsp3) is 0.318. The molecule has 1 aliphatic rings. The molecule has 4 rings (SSSR count). The summed E-state index contributed by atoms with van der Waals surface area (Å²) >= 11 is 0. The van der Waals surface area contributed by atoms with Crippen LogP contribution in [0.2, 0.25) is 0 Å². The van der Waals surface area contributed by atoms with Crippen molar-refractivity contribution in [3.8, 4) is 11.4 Å². The van der Waals surface area contributed by atoms with Gasteiger partial charge in [0.2, 0.25) is 17.6 Å². The number of halogens is 2. The van der Waals surface area contributed by atoms with Crippen LogP contribution in [0.25, 0.3) is 11.4 Å². The Morgan fingerprint density at radius 2 is 1.83 bits per heavy atom. The van der Waals surface area contributed by atoms with Crippen LogP contribution in [-0.4, -0.2) is 27.5 Å². The monoisotopic (exact) mass is 397 g/mol. The molecular weight excluding hydrogens is 376 g/mol. The first-order valence-electron chi connectivity index (χ1n) is 9.55. The summed E-state index contributed by atoms with van der Waals surface area (Å²) in [5.74, 6) is -0.353. The van der Waals surface area contributed by atoms with Crippen LogP contribution in [0, 0.1) is 11.6 Å². The van der Waals surface area contributed by atoms with Crippen molar-refractivity contribution in [2.75, 3.05) is 6.54 Å². The molecule has 7 heteroatoms. The van der Waals surface area contributed by atoms with Crippen LogP contribution in [-0.2, 0) is 11.3 Å². The van der Waals surface area contributed by atoms with Gasteiger partial charge in [0.25, 0.3) is 0 Å². The van der Waals surface area contributed by atoms with E-state index in [9.17, 15) is 13.6 Å². The van der Waals surface area contributed by atoms with Gasteiger partial charge in [0.05, 0.1) is 5.92 Å². The predicted octanol–water partition coefficient (Wildman–Crippen LogP) is 4.65. The standard InChI is InChI=1S/C22H21F2N3O2/c1-13(2)15-3-5-16(6-4-15)21-25-22(29-26-21)17-9-20(28)27(12-17)11-14-7-18(23)10-19(24)8-14/h3-8,10,13,17H,9,11-12H2,1-2H3. The molecule has 0 bridgehead atoms. The van der Waals surface area contributed by atoms with Crippen LogP contribution in [0.4, 0.5) is 8.78 Å². The number of rotatable bonds is 5. The first-order chi connectivity index (χ1) is 13.9. The highest BCUT2D eigenvalue weighted by atomic mass is 19.1. The fourth-order valence-electron chi connectivity index (χ4n) is 3.55. The third-order valence-electron chi connectivity index (χ3n) is 5.14. The Kier molecular flexibility index (Phi) is 5.13. The van der Waals surface area contributed by atoms with E-state index in [4.69, 9.17) is 4.52 Å². The molecule has 1 atom stereocenters. The lowest BCUT2D eigenvalue weighted by atomic mass is 10.0. The minimum absolute atomic E-state index is 0.110. The first kappa shape index (κ1) is 19.2. The number of carbonyl (C=O) groups is 1. The summed E-state index contributed by atoms with van der Waals surface area (Å²) in [7, 11) is 0. The highest BCUT2D eigenvalue weighted by Crippen LogP contribution is 2.30. The number of hydrogen-bond donors (Lipinski definition) is 0. The molecule has 0 radical (unpaired) electrons. The molecular formula is C22H21F2N3O2. The van der Waals surface area contributed by atoms with Gasteiger partial charge in [-0.05, 0) is 29.2 Å². The van der Waals surface area contributed by atoms with Crippen LogP contribution in [0.1, 0.15) is 49.1 Å². The Morgan fingerprint density at radius 3 is 2.48 bits per heavy atom. The normalized spacial score (nSPS) is 16.8. The van der Waals surface area contributed by atoms with Crippen LogP contribution in [0.15, 0.2) is 47.0 Å². The second kappa shape index (κ2) is 7.73. The summed E-state index contributed by atoms with van der Waals surface area (Å²) in [6, 6.07) is 11.3. The van der Waals surface area contributed by atoms with Gasteiger partial charge in [-0.2, -0.15) is 4.98 Å². The van der Waals surface area contributed by atoms with Crippen molar-refractivity contribution in [2.45, 2.75) is 38.6 Å². The van der Waals surface area contributed by atoms with Gasteiger partial charge in [-0.15, -0.1) is 0 Å². The van der Waals surface area contributed by atoms with Crippen LogP contribution in [0.3, 0.4) is 0 Å². The van der Waals surface area contributed by atoms with Crippen molar-refractivity contribution >= 4 is 5.91 Å². The van der Waals surface area contributed by atoms with Crippen molar-refractivity contribution in [2.24, 2.45) is 0 Å². The lowest BCUT2D eigenvalue weighted by molar-refractivity contribution is -0.128. The number of carbonyl (C=O) groups excluding carboxylic acids is 1. The molecule has 0 saturated carbocycles. The molecule has 1 unspecified atom stereocenters. The van der Waals surface area contributed by atoms with E-state index in [0.717, 1.165) is 11.6 Å². The van der Waals surface area contributed by atoms with Gasteiger partial charge in [-0.25, -0.2) is 8.78 Å². The maximum atomic E-state index is 13.4. The number of likely N-dealkylation sites (tertiary alicyclic amines) is 1. The zero-order valence-corrected chi connectivity index (χ0v) is 16.2. The molecule has 2 heterocycles. The molecule has 2 aromatic carbocycles. The zero-order chi connectivity index (χ0) is 20.5. The second-order valence-corrected chi connectivity index (χ2v) is 7.69. The van der Waals surface area contributed by atoms with E-state index in [1.165, 1.54) is 17.7 Å². The molecule has 29 heavy (non-hydrogen) atoms. The summed E-state index contributed by atoms with van der Waals surface area (Å²) in [6.45, 7) is 4.76. The quantitative estimate of drug-likeness (QED) is 0.629. The largest absolute Gasteiger partial charge is 0.339 e. The van der Waals surface area contributed by atoms with Gasteiger partial charge in [0, 0.05) is 31.1 Å². The highest BCUT2D eigenvalue weighted by Gasteiger charge is 2.34. The lowest BCUT2D eigenvalue weighted by Crippen LogP contribution is -2.24. The van der Waals surface area contributed by atoms with E-state index in [0.29, 0.717) is 29.7 Å². The third kappa shape index (κ3) is 4.18. The number of benzene rings is 2. The van der Waals surface area contributed by atoms with E-state index in [1.54, 1.807) is 4.90 Å². The molecule has 1 aliphatic heterocycles. The smallest absolute Gasteiger partial charge is 0.232 e. The van der Waals surface area contributed by atoms with E-state index < -0.39 is 11.6 Å². The maximum absolute atomic E-state index is 13.4. The van der Waals surface area contributed by atoms with Crippen molar-refractivity contribution in [1.29, 1.82) is 0 Å². The molecule has 5 nitrogen and oxygen atoms in total. The van der Waals surface area contributed by atoms with Gasteiger partial charge in [-0.1, -0.05) is 43.3 Å². The van der Waals surface area contributed by atoms with Gasteiger partial charge < -0.3 is 9.42 Å². The van der Waals surface area contributed by atoms with Crippen LogP contribution in [0.5, 0.6) is 0 Å². The first-order valence-corrected chi connectivity index (χ1v) is 9.55. The van der Waals surface area contributed by atoms with Crippen molar-refractivity contribution < 1.29 is 18.1 Å². The van der Waals surface area contributed by atoms with Crippen LogP contribution >= 0.6 is 0 Å². The summed E-state index contributed by atoms with van der Waals surface area (Å²) in [6.07, 6.45) is 0.228. The molecule has 1 fully saturated rings. The average Bonchev–Trinajstić information content (AvgIpc) is 3.28. The van der Waals surface area contributed by atoms with E-state index in [2.05, 4.69) is 24.0 Å². The summed E-state index contributed by atoms with van der Waals surface area (Å²) in [5, 5.41) is 4.05. The second-order valence-electron chi connectivity index (χ2n) is 7.69. The molecule has 0 N–H and O–H groups in total. The Labute approximate surface area is 167 Å². The molecule has 150 valence electrons. The summed E-state index contributed by atoms with van der Waals surface area (Å²) < 4.78 is 32.2. The van der Waals surface area contributed by atoms with Gasteiger partial charge >= 0.3 is 0 Å². The number of aromatic nitrogens is 2. The lowest BCUT2D eigenvalue weighted by Gasteiger charge is -2.16. The minimum Gasteiger partial charge on any atom is -0.339 e. The Bertz CT molecular complexity index is 1010. The topological polar surface area (TPSA) is 59.2 Å². The average molecular weight is 397 g/mol. The van der Waals surface area contributed by atoms with Gasteiger partial charge in [0.15, 0.2) is 0 Å². The number of amides is 1. The predicted molar refractivity (Wildman–Crippen MR) is 103 cm³/mol. The fourth-order valence-corrected chi connectivity index (χ4v) is 3.55. The molecule has 0 aliphatic carbocycles. The highest BCUT2D eigenvalue weighted by molar-refractivity contribution is 5.79. The minimum atomic E-state index is -0.659. The Morgan fingerprint density at radius 1 is 1.14 bits per heavy atom. The molecule has 1 aromatic heterocycles. The summed E-state index contributed by atoms with van der Waals surface area (Å²) in [4.78, 5) is 18.4. The number of nitrogens with zero attached hydrogens (tertiary/aromatic N) is 3. The van der Waals surface area contributed by atoms with E-state index >= 15 is 0 Å². The Balaban J connectivity index is 1.46. The third-order valence-corrected chi connectivity index (χ3v) is 5.14. The molecule has 0 spiro atoms. The molecule has 3 aromatic rings. The van der Waals surface area contributed by atoms with E-state index in [1.807, 2.05) is 24.3 Å². The maximum Gasteiger partial charge on any atom is 0.232 e. The van der Waals surface area contributed by atoms with Gasteiger partial charge in [-0.3, -0.25) is 4.79 Å². The summed E-state index contributed by atoms with van der Waals surface area (Å²) in [5.41, 5.74) is 2.48. The molecule has 1 amide bonds. The Hall–Kier alpha value is -3.09. The van der Waals surface area contributed by atoms with Crippen molar-refractivity contribution in [3.63, 3.8) is 0 Å². The molecule has 1 saturated heterocycles.